The number of carbonyl (C=O) groups is 2. The lowest BCUT2D eigenvalue weighted by molar-refractivity contribution is -0.128. The van der Waals surface area contributed by atoms with Crippen LogP contribution < -0.4 is 5.32 Å². The normalized spacial score (nSPS) is 11.6. The molecule has 0 atom stereocenters. The Morgan fingerprint density at radius 2 is 1.87 bits per heavy atom. The number of nitrogens with zero attached hydrogens (tertiary/aromatic N) is 3. The van der Waals surface area contributed by atoms with Gasteiger partial charge in [-0.25, -0.2) is 9.97 Å². The molecule has 0 aliphatic carbocycles. The van der Waals surface area contributed by atoms with Crippen LogP contribution >= 0.6 is 11.3 Å². The molecule has 0 aliphatic heterocycles. The molecule has 0 saturated heterocycles. The van der Waals surface area contributed by atoms with E-state index in [0.717, 1.165) is 32.9 Å². The second-order valence-electron chi connectivity index (χ2n) is 8.65. The van der Waals surface area contributed by atoms with Crippen molar-refractivity contribution < 1.29 is 9.59 Å². The van der Waals surface area contributed by atoms with E-state index in [9.17, 15) is 9.59 Å². The number of thiophene rings is 1. The van der Waals surface area contributed by atoms with Crippen LogP contribution in [0.25, 0.3) is 10.2 Å². The highest BCUT2D eigenvalue weighted by molar-refractivity contribution is 7.20. The van der Waals surface area contributed by atoms with Gasteiger partial charge in [-0.05, 0) is 37.1 Å². The average Bonchev–Trinajstić information content (AvgIpc) is 2.98. The van der Waals surface area contributed by atoms with E-state index < -0.39 is 0 Å². The molecule has 0 radical (unpaired) electrons. The van der Waals surface area contributed by atoms with Gasteiger partial charge in [0.2, 0.25) is 5.91 Å². The molecule has 6 nitrogen and oxygen atoms in total. The van der Waals surface area contributed by atoms with Gasteiger partial charge in [0.15, 0.2) is 0 Å². The summed E-state index contributed by atoms with van der Waals surface area (Å²) in [6.07, 6.45) is 0. The molecular weight excluding hydrogens is 396 g/mol. The van der Waals surface area contributed by atoms with Crippen molar-refractivity contribution in [2.75, 3.05) is 12.4 Å². The van der Waals surface area contributed by atoms with Crippen molar-refractivity contribution in [3.05, 3.63) is 51.8 Å². The van der Waals surface area contributed by atoms with E-state index in [2.05, 4.69) is 31.1 Å². The van der Waals surface area contributed by atoms with Crippen LogP contribution in [0.4, 0.5) is 5.69 Å². The molecule has 2 aromatic heterocycles. The van der Waals surface area contributed by atoms with Crippen LogP contribution in [-0.4, -0.2) is 33.7 Å². The van der Waals surface area contributed by atoms with E-state index in [0.29, 0.717) is 17.1 Å². The Morgan fingerprint density at radius 3 is 2.50 bits per heavy atom. The van der Waals surface area contributed by atoms with Gasteiger partial charge in [0.1, 0.15) is 10.7 Å². The average molecular weight is 425 g/mol. The van der Waals surface area contributed by atoms with E-state index in [1.807, 2.05) is 38.1 Å². The molecule has 1 N–H and O–H groups in total. The molecule has 1 aromatic carbocycles. The Bertz CT molecular complexity index is 1130. The lowest BCUT2D eigenvalue weighted by Crippen LogP contribution is -2.23. The van der Waals surface area contributed by atoms with E-state index in [4.69, 9.17) is 4.98 Å². The molecule has 7 heteroatoms. The number of nitrogens with one attached hydrogen (secondary N) is 1. The first-order valence-electron chi connectivity index (χ1n) is 9.87. The predicted molar refractivity (Wildman–Crippen MR) is 122 cm³/mol. The zero-order valence-corrected chi connectivity index (χ0v) is 19.4. The molecule has 0 aliphatic rings. The molecule has 0 saturated carbocycles. The van der Waals surface area contributed by atoms with Crippen molar-refractivity contribution in [3.8, 4) is 0 Å². The van der Waals surface area contributed by atoms with E-state index in [-0.39, 0.29) is 17.2 Å². The largest absolute Gasteiger partial charge is 0.342 e. The fourth-order valence-electron chi connectivity index (χ4n) is 3.21. The van der Waals surface area contributed by atoms with Crippen LogP contribution in [0.2, 0.25) is 0 Å². The number of aromatic nitrogens is 2. The highest BCUT2D eigenvalue weighted by Gasteiger charge is 2.23. The molecular formula is C23H28N4O2S. The van der Waals surface area contributed by atoms with Gasteiger partial charge in [-0.15, -0.1) is 11.3 Å². The van der Waals surface area contributed by atoms with Gasteiger partial charge in [0.25, 0.3) is 5.91 Å². The summed E-state index contributed by atoms with van der Waals surface area (Å²) in [6, 6.07) is 7.55. The highest BCUT2D eigenvalue weighted by atomic mass is 32.1. The zero-order chi connectivity index (χ0) is 22.2. The number of hydrogen-bond acceptors (Lipinski definition) is 5. The standard InChI is InChI=1S/C23H28N4O2S/c1-13-18-14(2)24-22(23(4,5)6)26-21(18)30-19(13)20(29)25-17-10-8-9-16(11-17)12-27(7)15(3)28/h8-11H,12H2,1-7H3,(H,25,29). The fraction of sp³-hybridized carbons (Fsp3) is 0.391. The number of benzene rings is 1. The first kappa shape index (κ1) is 21.9. The summed E-state index contributed by atoms with van der Waals surface area (Å²) in [5.74, 6) is 0.615. The molecule has 30 heavy (non-hydrogen) atoms. The van der Waals surface area contributed by atoms with Crippen LogP contribution in [0.3, 0.4) is 0 Å². The summed E-state index contributed by atoms with van der Waals surface area (Å²) in [7, 11) is 1.75. The minimum Gasteiger partial charge on any atom is -0.342 e. The predicted octanol–water partition coefficient (Wildman–Crippen LogP) is 4.84. The SMILES string of the molecule is CC(=O)N(C)Cc1cccc(NC(=O)c2sc3nc(C(C)(C)C)nc(C)c3c2C)c1. The van der Waals surface area contributed by atoms with Crippen LogP contribution in [0.5, 0.6) is 0 Å². The van der Waals surface area contributed by atoms with Gasteiger partial charge in [-0.3, -0.25) is 9.59 Å². The summed E-state index contributed by atoms with van der Waals surface area (Å²) < 4.78 is 0. The molecule has 2 amide bonds. The summed E-state index contributed by atoms with van der Waals surface area (Å²) in [6.45, 7) is 12.2. The molecule has 0 unspecified atom stereocenters. The monoisotopic (exact) mass is 424 g/mol. The lowest BCUT2D eigenvalue weighted by Gasteiger charge is -2.16. The van der Waals surface area contributed by atoms with Gasteiger partial charge in [-0.1, -0.05) is 32.9 Å². The maximum Gasteiger partial charge on any atom is 0.266 e. The second-order valence-corrected chi connectivity index (χ2v) is 9.65. The third kappa shape index (κ3) is 4.51. The number of amides is 2. The number of anilines is 1. The number of hydrogen-bond donors (Lipinski definition) is 1. The van der Waals surface area contributed by atoms with Crippen molar-refractivity contribution in [1.82, 2.24) is 14.9 Å². The summed E-state index contributed by atoms with van der Waals surface area (Å²) >= 11 is 1.40. The fourth-order valence-corrected chi connectivity index (χ4v) is 4.34. The lowest BCUT2D eigenvalue weighted by atomic mass is 9.95. The molecule has 3 rings (SSSR count). The molecule has 158 valence electrons. The third-order valence-electron chi connectivity index (χ3n) is 4.99. The van der Waals surface area contributed by atoms with Crippen LogP contribution in [0.1, 0.15) is 60.0 Å². The zero-order valence-electron chi connectivity index (χ0n) is 18.6. The smallest absolute Gasteiger partial charge is 0.266 e. The van der Waals surface area contributed by atoms with Crippen LogP contribution in [-0.2, 0) is 16.8 Å². The molecule has 0 spiro atoms. The minimum atomic E-state index is -0.163. The summed E-state index contributed by atoms with van der Waals surface area (Å²) in [5, 5.41) is 3.94. The molecule has 2 heterocycles. The first-order chi connectivity index (χ1) is 14.0. The second kappa shape index (κ2) is 8.14. The quantitative estimate of drug-likeness (QED) is 0.650. The number of carbonyl (C=O) groups excluding carboxylic acids is 2. The number of aryl methyl sites for hydroxylation is 2. The van der Waals surface area contributed by atoms with Gasteiger partial charge in [0.05, 0.1) is 10.6 Å². The van der Waals surface area contributed by atoms with Crippen molar-refractivity contribution in [2.24, 2.45) is 0 Å². The maximum absolute atomic E-state index is 13.0. The molecule has 0 bridgehead atoms. The molecule has 0 fully saturated rings. The minimum absolute atomic E-state index is 0.00329. The van der Waals surface area contributed by atoms with Gasteiger partial charge >= 0.3 is 0 Å². The van der Waals surface area contributed by atoms with Gasteiger partial charge in [0, 0.05) is 37.0 Å². The summed E-state index contributed by atoms with van der Waals surface area (Å²) in [5.41, 5.74) is 3.29. The van der Waals surface area contributed by atoms with Gasteiger partial charge in [-0.2, -0.15) is 0 Å². The first-order valence-corrected chi connectivity index (χ1v) is 10.7. The Kier molecular flexibility index (Phi) is 5.94. The third-order valence-corrected chi connectivity index (χ3v) is 6.17. The Hall–Kier alpha value is -2.80. The van der Waals surface area contributed by atoms with Gasteiger partial charge < -0.3 is 10.2 Å². The van der Waals surface area contributed by atoms with Crippen molar-refractivity contribution in [3.63, 3.8) is 0 Å². The highest BCUT2D eigenvalue weighted by Crippen LogP contribution is 2.33. The Balaban J connectivity index is 1.90. The van der Waals surface area contributed by atoms with Crippen molar-refractivity contribution in [2.45, 2.75) is 53.5 Å². The van der Waals surface area contributed by atoms with Crippen molar-refractivity contribution in [1.29, 1.82) is 0 Å². The van der Waals surface area contributed by atoms with E-state index >= 15 is 0 Å². The van der Waals surface area contributed by atoms with E-state index in [1.165, 1.54) is 18.3 Å². The summed E-state index contributed by atoms with van der Waals surface area (Å²) in [4.78, 5) is 37.0. The maximum atomic E-state index is 13.0. The topological polar surface area (TPSA) is 75.2 Å². The number of fused-ring (bicyclic) bond motifs is 1. The Morgan fingerprint density at radius 1 is 1.17 bits per heavy atom. The molecule has 3 aromatic rings. The van der Waals surface area contributed by atoms with Crippen LogP contribution in [0, 0.1) is 13.8 Å². The van der Waals surface area contributed by atoms with Crippen molar-refractivity contribution >= 4 is 39.1 Å². The Labute approximate surface area is 181 Å². The number of rotatable bonds is 4. The van der Waals surface area contributed by atoms with Crippen LogP contribution in [0.15, 0.2) is 24.3 Å². The van der Waals surface area contributed by atoms with E-state index in [1.54, 1.807) is 11.9 Å².